The Morgan fingerprint density at radius 2 is 1.68 bits per heavy atom. The van der Waals surface area contributed by atoms with Gasteiger partial charge in [0.1, 0.15) is 0 Å². The number of benzene rings is 1. The molecule has 0 aliphatic rings. The number of amides is 4. The first-order valence-corrected chi connectivity index (χ1v) is 7.17. The normalized spacial score (nSPS) is 10.7. The van der Waals surface area contributed by atoms with Crippen molar-refractivity contribution in [1.82, 2.24) is 9.62 Å². The number of urea groups is 2. The molecule has 19 heavy (non-hydrogen) atoms. The van der Waals surface area contributed by atoms with Crippen LogP contribution in [0.1, 0.15) is 5.56 Å². The monoisotopic (exact) mass is 285 g/mol. The highest BCUT2D eigenvalue weighted by Gasteiger charge is 2.20. The van der Waals surface area contributed by atoms with Gasteiger partial charge in [-0.3, -0.25) is 5.32 Å². The minimum absolute atomic E-state index is 0.446. The number of hydrogen-bond acceptors (Lipinski definition) is 4. The van der Waals surface area contributed by atoms with Gasteiger partial charge in [0.15, 0.2) is 0 Å². The van der Waals surface area contributed by atoms with E-state index in [2.05, 4.69) is 5.32 Å². The second-order valence-electron chi connectivity index (χ2n) is 3.98. The molecule has 1 aromatic rings. The summed E-state index contributed by atoms with van der Waals surface area (Å²) in [7, 11) is -2.63. The molecule has 0 aliphatic carbocycles. The van der Waals surface area contributed by atoms with Crippen molar-refractivity contribution in [2.75, 3.05) is 18.6 Å². The average Bonchev–Trinajstić information content (AvgIpc) is 2.29. The maximum absolute atomic E-state index is 11.5. The lowest BCUT2D eigenvalue weighted by molar-refractivity contribution is 0.223. The Hall–Kier alpha value is -2.09. The van der Waals surface area contributed by atoms with Crippen molar-refractivity contribution in [3.8, 4) is 0 Å². The number of nitrogens with zero attached hydrogens (tertiary/aromatic N) is 1. The third-order valence-corrected chi connectivity index (χ3v) is 3.47. The Kier molecular flexibility index (Phi) is 4.49. The smallest absolute Gasteiger partial charge is 0.308 e. The van der Waals surface area contributed by atoms with Crippen LogP contribution in [0.4, 0.5) is 15.3 Å². The zero-order valence-electron chi connectivity index (χ0n) is 10.8. The number of aryl methyl sites for hydroxylation is 1. The van der Waals surface area contributed by atoms with Gasteiger partial charge < -0.3 is 5.32 Å². The first kappa shape index (κ1) is 15.0. The topological polar surface area (TPSA) is 95.6 Å². The number of carbonyl (C=O) groups excluding carboxylic acids is 2. The molecule has 4 amide bonds. The van der Waals surface area contributed by atoms with E-state index in [0.717, 1.165) is 18.9 Å². The zero-order valence-corrected chi connectivity index (χ0v) is 11.6. The van der Waals surface area contributed by atoms with Crippen LogP contribution in [0.2, 0.25) is 0 Å². The Balaban J connectivity index is 2.61. The number of anilines is 1. The van der Waals surface area contributed by atoms with Crippen molar-refractivity contribution < 1.29 is 18.0 Å². The molecule has 1 rings (SSSR count). The highest BCUT2D eigenvalue weighted by Crippen LogP contribution is 2.08. The van der Waals surface area contributed by atoms with Gasteiger partial charge >= 0.3 is 12.1 Å². The third-order valence-electron chi connectivity index (χ3n) is 2.31. The van der Waals surface area contributed by atoms with Crippen LogP contribution in [0.15, 0.2) is 24.3 Å². The van der Waals surface area contributed by atoms with E-state index in [1.54, 1.807) is 24.3 Å². The average molecular weight is 285 g/mol. The molecule has 7 nitrogen and oxygen atoms in total. The fourth-order valence-corrected chi connectivity index (χ4v) is 1.47. The number of imide groups is 1. The van der Waals surface area contributed by atoms with Gasteiger partial charge in [0.2, 0.25) is 10.0 Å². The second-order valence-corrected chi connectivity index (χ2v) is 5.99. The molecular weight excluding hydrogens is 270 g/mol. The molecule has 0 saturated heterocycles. The minimum atomic E-state index is -3.68. The SMILES string of the molecule is Cc1ccc(NC(=O)NC(=O)N(C)S(C)(=O)=O)cc1. The molecule has 0 heterocycles. The number of carbonyl (C=O) groups is 2. The molecule has 1 aromatic carbocycles. The van der Waals surface area contributed by atoms with Crippen LogP contribution in [0.25, 0.3) is 0 Å². The molecule has 0 radical (unpaired) electrons. The lowest BCUT2D eigenvalue weighted by Gasteiger charge is -2.14. The van der Waals surface area contributed by atoms with Crippen molar-refractivity contribution >= 4 is 27.8 Å². The fraction of sp³-hybridized carbons (Fsp3) is 0.273. The van der Waals surface area contributed by atoms with Crippen LogP contribution in [0.5, 0.6) is 0 Å². The van der Waals surface area contributed by atoms with E-state index in [1.807, 2.05) is 12.2 Å². The van der Waals surface area contributed by atoms with Crippen LogP contribution in [0.3, 0.4) is 0 Å². The molecule has 0 atom stereocenters. The van der Waals surface area contributed by atoms with Gasteiger partial charge in [-0.05, 0) is 19.1 Å². The van der Waals surface area contributed by atoms with Crippen LogP contribution in [-0.2, 0) is 10.0 Å². The third kappa shape index (κ3) is 4.59. The summed E-state index contributed by atoms with van der Waals surface area (Å²) < 4.78 is 22.6. The predicted octanol–water partition coefficient (Wildman–Crippen LogP) is 1.13. The predicted molar refractivity (Wildman–Crippen MR) is 71.3 cm³/mol. The van der Waals surface area contributed by atoms with Crippen molar-refractivity contribution in [3.63, 3.8) is 0 Å². The van der Waals surface area contributed by atoms with Gasteiger partial charge in [-0.2, -0.15) is 0 Å². The lowest BCUT2D eigenvalue weighted by atomic mass is 10.2. The summed E-state index contributed by atoms with van der Waals surface area (Å²) in [5.41, 5.74) is 1.52. The number of nitrogens with one attached hydrogen (secondary N) is 2. The first-order valence-electron chi connectivity index (χ1n) is 5.32. The van der Waals surface area contributed by atoms with E-state index in [1.165, 1.54) is 0 Å². The maximum Gasteiger partial charge on any atom is 0.338 e. The van der Waals surface area contributed by atoms with E-state index < -0.39 is 22.1 Å². The molecule has 0 saturated carbocycles. The van der Waals surface area contributed by atoms with Gasteiger partial charge in [0, 0.05) is 12.7 Å². The van der Waals surface area contributed by atoms with Gasteiger partial charge in [-0.25, -0.2) is 22.3 Å². The largest absolute Gasteiger partial charge is 0.338 e. The molecule has 0 fully saturated rings. The zero-order chi connectivity index (χ0) is 14.6. The number of hydrogen-bond donors (Lipinski definition) is 2. The van der Waals surface area contributed by atoms with E-state index in [-0.39, 0.29) is 0 Å². The summed E-state index contributed by atoms with van der Waals surface area (Å²) >= 11 is 0. The summed E-state index contributed by atoms with van der Waals surface area (Å²) in [5, 5.41) is 4.32. The van der Waals surface area contributed by atoms with Crippen molar-refractivity contribution in [1.29, 1.82) is 0 Å². The molecule has 8 heteroatoms. The molecular formula is C11H15N3O4S. The molecule has 2 N–H and O–H groups in total. The molecule has 0 spiro atoms. The Bertz CT molecular complexity index is 580. The van der Waals surface area contributed by atoms with Gasteiger partial charge in [-0.15, -0.1) is 0 Å². The summed E-state index contributed by atoms with van der Waals surface area (Å²) in [6.45, 7) is 1.90. The highest BCUT2D eigenvalue weighted by molar-refractivity contribution is 7.88. The van der Waals surface area contributed by atoms with Crippen LogP contribution >= 0.6 is 0 Å². The Labute approximate surface area is 111 Å². The van der Waals surface area contributed by atoms with Gasteiger partial charge in [0.25, 0.3) is 0 Å². The fourth-order valence-electron chi connectivity index (χ4n) is 1.13. The van der Waals surface area contributed by atoms with Crippen LogP contribution < -0.4 is 10.6 Å². The molecule has 0 bridgehead atoms. The van der Waals surface area contributed by atoms with Crippen molar-refractivity contribution in [2.45, 2.75) is 6.92 Å². The van der Waals surface area contributed by atoms with E-state index >= 15 is 0 Å². The maximum atomic E-state index is 11.5. The molecule has 0 unspecified atom stereocenters. The number of rotatable bonds is 2. The Morgan fingerprint density at radius 1 is 1.16 bits per heavy atom. The number of sulfonamides is 1. The van der Waals surface area contributed by atoms with Gasteiger partial charge in [-0.1, -0.05) is 17.7 Å². The molecule has 0 aliphatic heterocycles. The second kappa shape index (κ2) is 5.70. The standard InChI is InChI=1S/C11H15N3O4S/c1-8-4-6-9(7-5-8)12-10(15)13-11(16)14(2)19(3,17)18/h4-7H,1-3H3,(H2,12,13,15,16). The van der Waals surface area contributed by atoms with Crippen LogP contribution in [0, 0.1) is 6.92 Å². The summed E-state index contributed by atoms with van der Waals surface area (Å²) in [6, 6.07) is 5.09. The quantitative estimate of drug-likeness (QED) is 0.851. The lowest BCUT2D eigenvalue weighted by Crippen LogP contribution is -2.44. The van der Waals surface area contributed by atoms with E-state index in [9.17, 15) is 18.0 Å². The summed E-state index contributed by atoms with van der Waals surface area (Å²) in [5.74, 6) is 0. The summed E-state index contributed by atoms with van der Waals surface area (Å²) in [4.78, 5) is 22.9. The van der Waals surface area contributed by atoms with Gasteiger partial charge in [0.05, 0.1) is 6.26 Å². The Morgan fingerprint density at radius 3 is 2.16 bits per heavy atom. The van der Waals surface area contributed by atoms with Crippen LogP contribution in [-0.4, -0.2) is 38.1 Å². The van der Waals surface area contributed by atoms with E-state index in [4.69, 9.17) is 0 Å². The van der Waals surface area contributed by atoms with Crippen molar-refractivity contribution in [3.05, 3.63) is 29.8 Å². The van der Waals surface area contributed by atoms with Crippen molar-refractivity contribution in [2.24, 2.45) is 0 Å². The minimum Gasteiger partial charge on any atom is -0.308 e. The molecule has 0 aromatic heterocycles. The van der Waals surface area contributed by atoms with E-state index in [0.29, 0.717) is 9.99 Å². The summed E-state index contributed by atoms with van der Waals surface area (Å²) in [6.07, 6.45) is 0.866. The highest BCUT2D eigenvalue weighted by atomic mass is 32.2. The first-order chi connectivity index (χ1) is 8.70. The molecule has 104 valence electrons.